The van der Waals surface area contributed by atoms with E-state index in [-0.39, 0.29) is 5.02 Å². The van der Waals surface area contributed by atoms with Gasteiger partial charge in [-0.05, 0) is 25.1 Å². The maximum atomic E-state index is 13.4. The maximum Gasteiger partial charge on any atom is 0.229 e. The normalized spacial score (nSPS) is 10.7. The van der Waals surface area contributed by atoms with Crippen LogP contribution in [0.15, 0.2) is 65.2 Å². The lowest BCUT2D eigenvalue weighted by molar-refractivity contribution is 0.400. The summed E-state index contributed by atoms with van der Waals surface area (Å²) < 4.78 is 18.5. The number of rotatable bonds is 5. The van der Waals surface area contributed by atoms with Gasteiger partial charge in [0.15, 0.2) is 5.82 Å². The fraction of sp³-hybridized carbons (Fsp3) is 0.0500. The van der Waals surface area contributed by atoms with Gasteiger partial charge in [-0.2, -0.15) is 4.98 Å². The lowest BCUT2D eigenvalue weighted by Gasteiger charge is -2.11. The number of halogens is 2. The van der Waals surface area contributed by atoms with E-state index in [1.807, 2.05) is 36.4 Å². The van der Waals surface area contributed by atoms with Crippen molar-refractivity contribution in [1.82, 2.24) is 15.1 Å². The molecular weight excluding hydrogens is 381 g/mol. The first-order valence-electron chi connectivity index (χ1n) is 8.44. The Bertz CT molecular complexity index is 1120. The van der Waals surface area contributed by atoms with Crippen LogP contribution in [0.1, 0.15) is 5.76 Å². The van der Waals surface area contributed by atoms with Gasteiger partial charge in [-0.15, -0.1) is 0 Å². The van der Waals surface area contributed by atoms with Crippen molar-refractivity contribution in [2.75, 3.05) is 10.6 Å². The van der Waals surface area contributed by atoms with E-state index in [0.29, 0.717) is 34.7 Å². The van der Waals surface area contributed by atoms with Gasteiger partial charge in [0.1, 0.15) is 17.4 Å². The first-order valence-corrected chi connectivity index (χ1v) is 8.81. The predicted octanol–water partition coefficient (Wildman–Crippen LogP) is 5.72. The van der Waals surface area contributed by atoms with Crippen LogP contribution in [0.5, 0.6) is 0 Å². The summed E-state index contributed by atoms with van der Waals surface area (Å²) in [6.45, 7) is 1.80. The Hall–Kier alpha value is -3.45. The Kier molecular flexibility index (Phi) is 4.90. The van der Waals surface area contributed by atoms with Gasteiger partial charge < -0.3 is 15.2 Å². The van der Waals surface area contributed by atoms with Crippen molar-refractivity contribution in [3.05, 3.63) is 77.3 Å². The van der Waals surface area contributed by atoms with E-state index in [0.717, 1.165) is 5.56 Å². The molecule has 0 atom stereocenters. The highest BCUT2D eigenvalue weighted by Crippen LogP contribution is 2.26. The van der Waals surface area contributed by atoms with Crippen LogP contribution in [0.3, 0.4) is 0 Å². The molecule has 0 unspecified atom stereocenters. The molecule has 0 bridgehead atoms. The number of nitrogens with zero attached hydrogens (tertiary/aromatic N) is 3. The zero-order valence-corrected chi connectivity index (χ0v) is 15.5. The predicted molar refractivity (Wildman–Crippen MR) is 107 cm³/mol. The quantitative estimate of drug-likeness (QED) is 0.450. The molecule has 0 radical (unpaired) electrons. The second-order valence-electron chi connectivity index (χ2n) is 6.03. The van der Waals surface area contributed by atoms with Crippen molar-refractivity contribution in [1.29, 1.82) is 0 Å². The second kappa shape index (κ2) is 7.66. The smallest absolute Gasteiger partial charge is 0.229 e. The van der Waals surface area contributed by atoms with E-state index in [9.17, 15) is 4.39 Å². The molecule has 4 aromatic rings. The van der Waals surface area contributed by atoms with E-state index >= 15 is 0 Å². The summed E-state index contributed by atoms with van der Waals surface area (Å²) >= 11 is 5.86. The standard InChI is InChI=1S/C20H15ClFN5O/c1-12-9-19(27-28-12)25-18-11-17(13-5-3-2-4-6-13)24-20(26-18)23-14-7-8-16(22)15(21)10-14/h2-11H,1H3,(H2,23,24,25,26,27). The third-order valence-corrected chi connectivity index (χ3v) is 4.15. The Morgan fingerprint density at radius 3 is 2.46 bits per heavy atom. The van der Waals surface area contributed by atoms with Gasteiger partial charge in [-0.3, -0.25) is 0 Å². The molecule has 0 saturated carbocycles. The van der Waals surface area contributed by atoms with Gasteiger partial charge in [0, 0.05) is 23.4 Å². The highest BCUT2D eigenvalue weighted by molar-refractivity contribution is 6.31. The summed E-state index contributed by atoms with van der Waals surface area (Å²) in [6.07, 6.45) is 0. The minimum absolute atomic E-state index is 0.0145. The number of hydrogen-bond acceptors (Lipinski definition) is 6. The van der Waals surface area contributed by atoms with Crippen LogP contribution in [-0.4, -0.2) is 15.1 Å². The van der Waals surface area contributed by atoms with Gasteiger partial charge in [0.25, 0.3) is 0 Å². The van der Waals surface area contributed by atoms with E-state index < -0.39 is 5.82 Å². The summed E-state index contributed by atoms with van der Waals surface area (Å²) in [6, 6.07) is 17.6. The molecule has 0 saturated heterocycles. The Balaban J connectivity index is 1.71. The molecule has 0 aliphatic rings. The Labute approximate surface area is 165 Å². The zero-order valence-electron chi connectivity index (χ0n) is 14.8. The van der Waals surface area contributed by atoms with E-state index in [1.165, 1.54) is 12.1 Å². The zero-order chi connectivity index (χ0) is 19.5. The summed E-state index contributed by atoms with van der Waals surface area (Å²) in [5, 5.41) is 10.1. The molecule has 2 heterocycles. The highest BCUT2D eigenvalue weighted by Gasteiger charge is 2.10. The van der Waals surface area contributed by atoms with Crippen LogP contribution in [0.2, 0.25) is 5.02 Å². The van der Waals surface area contributed by atoms with Gasteiger partial charge in [0.2, 0.25) is 5.95 Å². The fourth-order valence-electron chi connectivity index (χ4n) is 2.58. The Morgan fingerprint density at radius 2 is 1.75 bits per heavy atom. The molecule has 0 spiro atoms. The van der Waals surface area contributed by atoms with Gasteiger partial charge >= 0.3 is 0 Å². The maximum absolute atomic E-state index is 13.4. The molecule has 0 amide bonds. The number of anilines is 4. The van der Waals surface area contributed by atoms with Crippen molar-refractivity contribution < 1.29 is 8.91 Å². The summed E-state index contributed by atoms with van der Waals surface area (Å²) in [5.74, 6) is 1.57. The van der Waals surface area contributed by atoms with Gasteiger partial charge in [-0.1, -0.05) is 47.1 Å². The lowest BCUT2D eigenvalue weighted by Crippen LogP contribution is -2.02. The van der Waals surface area contributed by atoms with Gasteiger partial charge in [0.05, 0.1) is 10.7 Å². The van der Waals surface area contributed by atoms with Crippen LogP contribution in [0.4, 0.5) is 27.7 Å². The average Bonchev–Trinajstić information content (AvgIpc) is 3.10. The minimum atomic E-state index is -0.491. The van der Waals surface area contributed by atoms with Crippen molar-refractivity contribution in [3.63, 3.8) is 0 Å². The Morgan fingerprint density at radius 1 is 0.929 bits per heavy atom. The first kappa shape index (κ1) is 17.9. The molecule has 0 aliphatic heterocycles. The monoisotopic (exact) mass is 395 g/mol. The highest BCUT2D eigenvalue weighted by atomic mass is 35.5. The molecule has 2 N–H and O–H groups in total. The summed E-state index contributed by atoms with van der Waals surface area (Å²) in [4.78, 5) is 9.01. The molecule has 0 aliphatic carbocycles. The van der Waals surface area contributed by atoms with Crippen LogP contribution >= 0.6 is 11.6 Å². The number of aryl methyl sites for hydroxylation is 1. The topological polar surface area (TPSA) is 75.9 Å². The minimum Gasteiger partial charge on any atom is -0.360 e. The molecule has 2 aromatic carbocycles. The fourth-order valence-corrected chi connectivity index (χ4v) is 2.76. The number of aromatic nitrogens is 3. The second-order valence-corrected chi connectivity index (χ2v) is 6.44. The van der Waals surface area contributed by atoms with Crippen molar-refractivity contribution in [2.24, 2.45) is 0 Å². The molecule has 2 aromatic heterocycles. The van der Waals surface area contributed by atoms with Crippen LogP contribution in [0.25, 0.3) is 11.3 Å². The third kappa shape index (κ3) is 4.10. The third-order valence-electron chi connectivity index (χ3n) is 3.86. The van der Waals surface area contributed by atoms with Crippen LogP contribution in [0, 0.1) is 12.7 Å². The van der Waals surface area contributed by atoms with Crippen molar-refractivity contribution in [3.8, 4) is 11.3 Å². The first-order chi connectivity index (χ1) is 13.6. The molecule has 8 heteroatoms. The summed E-state index contributed by atoms with van der Waals surface area (Å²) in [5.41, 5.74) is 2.19. The molecule has 6 nitrogen and oxygen atoms in total. The summed E-state index contributed by atoms with van der Waals surface area (Å²) in [7, 11) is 0. The number of benzene rings is 2. The lowest BCUT2D eigenvalue weighted by atomic mass is 10.1. The molecule has 28 heavy (non-hydrogen) atoms. The van der Waals surface area contributed by atoms with Crippen LogP contribution < -0.4 is 10.6 Å². The van der Waals surface area contributed by atoms with E-state index in [1.54, 1.807) is 19.1 Å². The van der Waals surface area contributed by atoms with E-state index in [2.05, 4.69) is 25.8 Å². The molecule has 140 valence electrons. The molecule has 4 rings (SSSR count). The van der Waals surface area contributed by atoms with Gasteiger partial charge in [-0.25, -0.2) is 9.37 Å². The molecular formula is C20H15ClFN5O. The average molecular weight is 396 g/mol. The SMILES string of the molecule is Cc1cc(Nc2cc(-c3ccccc3)nc(Nc3ccc(F)c(Cl)c3)n2)no1. The largest absolute Gasteiger partial charge is 0.360 e. The van der Waals surface area contributed by atoms with Crippen LogP contribution in [-0.2, 0) is 0 Å². The number of nitrogens with one attached hydrogen (secondary N) is 2. The molecule has 0 fully saturated rings. The van der Waals surface area contributed by atoms with Crippen molar-refractivity contribution in [2.45, 2.75) is 6.92 Å². The van der Waals surface area contributed by atoms with E-state index in [4.69, 9.17) is 16.1 Å². The van der Waals surface area contributed by atoms with Crippen molar-refractivity contribution >= 4 is 34.9 Å². The number of hydrogen-bond donors (Lipinski definition) is 2.